The van der Waals surface area contributed by atoms with Crippen LogP contribution in [0.5, 0.6) is 0 Å². The monoisotopic (exact) mass is 346 g/mol. The molecule has 0 aliphatic carbocycles. The number of aromatic nitrogens is 3. The van der Waals surface area contributed by atoms with Crippen LogP contribution in [-0.4, -0.2) is 51.8 Å². The van der Waals surface area contributed by atoms with Crippen LogP contribution in [0.4, 0.5) is 13.2 Å². The number of carbonyl (C=O) groups excluding carboxylic acids is 1. The number of H-pyrrole nitrogens is 1. The third kappa shape index (κ3) is 4.34. The van der Waals surface area contributed by atoms with Gasteiger partial charge in [-0.2, -0.15) is 13.2 Å². The van der Waals surface area contributed by atoms with E-state index in [4.69, 9.17) is 4.74 Å². The van der Waals surface area contributed by atoms with Crippen molar-refractivity contribution < 1.29 is 22.7 Å². The van der Waals surface area contributed by atoms with Crippen LogP contribution in [0.25, 0.3) is 5.65 Å². The lowest BCUT2D eigenvalue weighted by Gasteiger charge is -2.17. The van der Waals surface area contributed by atoms with Crippen molar-refractivity contribution in [2.75, 3.05) is 20.2 Å². The Kier molecular flexibility index (Phi) is 5.27. The van der Waals surface area contributed by atoms with Gasteiger partial charge in [0.05, 0.1) is 18.7 Å². The average molecular weight is 346 g/mol. The minimum atomic E-state index is -4.25. The number of nitrogens with zero attached hydrogens (tertiary/aromatic N) is 3. The summed E-state index contributed by atoms with van der Waals surface area (Å²) in [6, 6.07) is 1.21. The maximum Gasteiger partial charge on any atom is 0.390 e. The molecule has 2 rings (SSSR count). The van der Waals surface area contributed by atoms with Gasteiger partial charge in [0.1, 0.15) is 5.56 Å². The molecular formula is C14H17F3N4O3. The van der Waals surface area contributed by atoms with Crippen molar-refractivity contribution in [3.63, 3.8) is 0 Å². The zero-order valence-electron chi connectivity index (χ0n) is 13.2. The van der Waals surface area contributed by atoms with Gasteiger partial charge in [-0.15, -0.1) is 0 Å². The van der Waals surface area contributed by atoms with E-state index in [2.05, 4.69) is 10.1 Å². The zero-order valence-corrected chi connectivity index (χ0v) is 13.2. The SMILES string of the molecule is CCOC(=O)c1c[nH]n2c(=O)cc(CN(C)CCC(F)(F)F)nc12. The molecule has 0 bridgehead atoms. The summed E-state index contributed by atoms with van der Waals surface area (Å²) >= 11 is 0. The van der Waals surface area contributed by atoms with Crippen LogP contribution >= 0.6 is 0 Å². The maximum atomic E-state index is 12.2. The summed E-state index contributed by atoms with van der Waals surface area (Å²) in [6.07, 6.45) is -3.90. The van der Waals surface area contributed by atoms with E-state index in [-0.39, 0.29) is 36.6 Å². The molecule has 0 aliphatic rings. The largest absolute Gasteiger partial charge is 0.462 e. The second kappa shape index (κ2) is 7.04. The average Bonchev–Trinajstić information content (AvgIpc) is 2.89. The molecule has 0 radical (unpaired) electrons. The van der Waals surface area contributed by atoms with Crippen LogP contribution in [0, 0.1) is 0 Å². The molecule has 0 spiro atoms. The lowest BCUT2D eigenvalue weighted by molar-refractivity contribution is -0.137. The van der Waals surface area contributed by atoms with Crippen LogP contribution in [-0.2, 0) is 11.3 Å². The predicted molar refractivity (Wildman–Crippen MR) is 78.8 cm³/mol. The summed E-state index contributed by atoms with van der Waals surface area (Å²) in [5, 5.41) is 2.60. The van der Waals surface area contributed by atoms with Gasteiger partial charge in [-0.1, -0.05) is 0 Å². The quantitative estimate of drug-likeness (QED) is 0.804. The standard InChI is InChI=1S/C14H17F3N4O3/c1-3-24-13(23)10-7-18-21-11(22)6-9(19-12(10)21)8-20(2)5-4-14(15,16)17/h6-7,18H,3-5,8H2,1-2H3. The number of halogens is 3. The summed E-state index contributed by atoms with van der Waals surface area (Å²) in [5.74, 6) is -0.634. The van der Waals surface area contributed by atoms with Crippen molar-refractivity contribution in [2.45, 2.75) is 26.1 Å². The van der Waals surface area contributed by atoms with Crippen molar-refractivity contribution in [3.8, 4) is 0 Å². The fraction of sp³-hybridized carbons (Fsp3) is 0.500. The molecule has 132 valence electrons. The molecule has 0 amide bonds. The summed E-state index contributed by atoms with van der Waals surface area (Å²) in [5.41, 5.74) is -0.0153. The first kappa shape index (κ1) is 18.0. The van der Waals surface area contributed by atoms with Crippen molar-refractivity contribution in [3.05, 3.63) is 33.9 Å². The third-order valence-electron chi connectivity index (χ3n) is 3.25. The van der Waals surface area contributed by atoms with E-state index in [0.717, 1.165) is 4.52 Å². The first-order chi connectivity index (χ1) is 11.2. The highest BCUT2D eigenvalue weighted by atomic mass is 19.4. The van der Waals surface area contributed by atoms with Gasteiger partial charge in [0.2, 0.25) is 0 Å². The molecule has 0 saturated heterocycles. The van der Waals surface area contributed by atoms with Gasteiger partial charge in [-0.25, -0.2) is 14.3 Å². The van der Waals surface area contributed by atoms with Crippen molar-refractivity contribution >= 4 is 11.6 Å². The summed E-state index contributed by atoms with van der Waals surface area (Å²) in [6.45, 7) is 1.64. The Morgan fingerprint density at radius 2 is 2.17 bits per heavy atom. The number of hydrogen-bond donors (Lipinski definition) is 1. The Morgan fingerprint density at radius 1 is 1.46 bits per heavy atom. The van der Waals surface area contributed by atoms with E-state index in [1.807, 2.05) is 0 Å². The lowest BCUT2D eigenvalue weighted by atomic mass is 10.3. The van der Waals surface area contributed by atoms with Gasteiger partial charge < -0.3 is 9.64 Å². The molecule has 7 nitrogen and oxygen atoms in total. The number of nitrogens with one attached hydrogen (secondary N) is 1. The van der Waals surface area contributed by atoms with Gasteiger partial charge in [0.15, 0.2) is 5.65 Å². The van der Waals surface area contributed by atoms with Crippen molar-refractivity contribution in [1.82, 2.24) is 19.5 Å². The fourth-order valence-corrected chi connectivity index (χ4v) is 2.14. The molecule has 0 saturated carbocycles. The molecule has 2 heterocycles. The summed E-state index contributed by atoms with van der Waals surface area (Å²) in [4.78, 5) is 29.5. The molecule has 0 aliphatic heterocycles. The molecule has 0 fully saturated rings. The van der Waals surface area contributed by atoms with Crippen LogP contribution in [0.1, 0.15) is 29.4 Å². The van der Waals surface area contributed by atoms with Gasteiger partial charge >= 0.3 is 12.1 Å². The number of rotatable bonds is 6. The topological polar surface area (TPSA) is 79.7 Å². The Labute approximate surface area is 135 Å². The normalized spacial score (nSPS) is 12.1. The number of alkyl halides is 3. The highest BCUT2D eigenvalue weighted by molar-refractivity contribution is 5.95. The molecule has 0 aromatic carbocycles. The number of hydrogen-bond acceptors (Lipinski definition) is 5. The highest BCUT2D eigenvalue weighted by Gasteiger charge is 2.27. The number of carbonyl (C=O) groups is 1. The van der Waals surface area contributed by atoms with E-state index in [9.17, 15) is 22.8 Å². The van der Waals surface area contributed by atoms with Crippen LogP contribution < -0.4 is 5.56 Å². The van der Waals surface area contributed by atoms with Crippen LogP contribution in [0.15, 0.2) is 17.1 Å². The Morgan fingerprint density at radius 3 is 2.79 bits per heavy atom. The van der Waals surface area contributed by atoms with Gasteiger partial charge in [0, 0.05) is 25.4 Å². The van der Waals surface area contributed by atoms with Crippen LogP contribution in [0.3, 0.4) is 0 Å². The second-order valence-corrected chi connectivity index (χ2v) is 5.26. The van der Waals surface area contributed by atoms with Crippen molar-refractivity contribution in [1.29, 1.82) is 0 Å². The molecular weight excluding hydrogens is 329 g/mol. The second-order valence-electron chi connectivity index (χ2n) is 5.26. The summed E-state index contributed by atoms with van der Waals surface area (Å²) in [7, 11) is 1.50. The van der Waals surface area contributed by atoms with E-state index in [1.165, 1.54) is 24.2 Å². The maximum absolute atomic E-state index is 12.2. The Bertz CT molecular complexity index is 782. The minimum Gasteiger partial charge on any atom is -0.462 e. The van der Waals surface area contributed by atoms with E-state index in [0.29, 0.717) is 0 Å². The molecule has 2 aromatic rings. The molecule has 2 aromatic heterocycles. The lowest BCUT2D eigenvalue weighted by Crippen LogP contribution is -2.26. The Balaban J connectivity index is 2.24. The van der Waals surface area contributed by atoms with E-state index >= 15 is 0 Å². The third-order valence-corrected chi connectivity index (χ3v) is 3.25. The molecule has 24 heavy (non-hydrogen) atoms. The predicted octanol–water partition coefficient (Wildman–Crippen LogP) is 1.58. The highest BCUT2D eigenvalue weighted by Crippen LogP contribution is 2.19. The number of fused-ring (bicyclic) bond motifs is 1. The van der Waals surface area contributed by atoms with Gasteiger partial charge in [-0.05, 0) is 14.0 Å². The van der Waals surface area contributed by atoms with E-state index in [1.54, 1.807) is 6.92 Å². The number of esters is 1. The molecule has 0 unspecified atom stereocenters. The fourth-order valence-electron chi connectivity index (χ4n) is 2.14. The van der Waals surface area contributed by atoms with Gasteiger partial charge in [0.25, 0.3) is 5.56 Å². The number of aromatic amines is 1. The molecule has 0 atom stereocenters. The van der Waals surface area contributed by atoms with Gasteiger partial charge in [-0.3, -0.25) is 9.89 Å². The minimum absolute atomic E-state index is 0.0509. The Hall–Kier alpha value is -2.36. The summed E-state index contributed by atoms with van der Waals surface area (Å²) < 4.78 is 42.7. The first-order valence-electron chi connectivity index (χ1n) is 7.23. The zero-order chi connectivity index (χ0) is 17.9. The van der Waals surface area contributed by atoms with Crippen LogP contribution in [0.2, 0.25) is 0 Å². The van der Waals surface area contributed by atoms with E-state index < -0.39 is 24.1 Å². The van der Waals surface area contributed by atoms with Crippen molar-refractivity contribution in [2.24, 2.45) is 0 Å². The first-order valence-corrected chi connectivity index (χ1v) is 7.23. The molecule has 10 heteroatoms. The number of ether oxygens (including phenoxy) is 1. The smallest absolute Gasteiger partial charge is 0.390 e. The molecule has 1 N–H and O–H groups in total.